The van der Waals surface area contributed by atoms with Crippen molar-refractivity contribution in [2.24, 2.45) is 0 Å². The molecule has 0 aliphatic rings. The zero-order valence-corrected chi connectivity index (χ0v) is 14.9. The standard InChI is InChI=1S/C20H17ClN4O/c1-13(18-10-14-9-15(21)5-6-19(14)24-20(18)26)23-16-3-2-4-17(11-16)25-8-7-22-12-25/h2-13,23H,1H3,(H,24,26)/t13-/m0/s1. The molecule has 1 atom stereocenters. The van der Waals surface area contributed by atoms with Crippen molar-refractivity contribution in [3.8, 4) is 5.69 Å². The molecule has 5 nitrogen and oxygen atoms in total. The van der Waals surface area contributed by atoms with Crippen LogP contribution in [0, 0.1) is 0 Å². The first-order valence-corrected chi connectivity index (χ1v) is 8.65. The van der Waals surface area contributed by atoms with Gasteiger partial charge in [-0.25, -0.2) is 4.98 Å². The minimum atomic E-state index is -0.167. The Morgan fingerprint density at radius 2 is 2.08 bits per heavy atom. The maximum Gasteiger partial charge on any atom is 0.253 e. The van der Waals surface area contributed by atoms with E-state index in [2.05, 4.69) is 15.3 Å². The van der Waals surface area contributed by atoms with Crippen LogP contribution in [-0.2, 0) is 0 Å². The number of nitrogens with one attached hydrogen (secondary N) is 2. The SMILES string of the molecule is C[C@H](Nc1cccc(-n2ccnc2)c1)c1cc2cc(Cl)ccc2[nH]c1=O. The molecule has 0 spiro atoms. The highest BCUT2D eigenvalue weighted by molar-refractivity contribution is 6.31. The zero-order chi connectivity index (χ0) is 18.1. The number of nitrogens with zero attached hydrogens (tertiary/aromatic N) is 2. The molecule has 2 aromatic carbocycles. The lowest BCUT2D eigenvalue weighted by molar-refractivity contribution is 0.865. The van der Waals surface area contributed by atoms with Crippen LogP contribution in [0.15, 0.2) is 72.0 Å². The first kappa shape index (κ1) is 16.4. The second-order valence-electron chi connectivity index (χ2n) is 6.17. The van der Waals surface area contributed by atoms with E-state index in [1.54, 1.807) is 18.6 Å². The van der Waals surface area contributed by atoms with Gasteiger partial charge < -0.3 is 14.9 Å². The van der Waals surface area contributed by atoms with Crippen LogP contribution in [0.5, 0.6) is 0 Å². The van der Waals surface area contributed by atoms with Gasteiger partial charge in [0, 0.05) is 45.3 Å². The molecule has 4 aromatic rings. The van der Waals surface area contributed by atoms with Gasteiger partial charge in [0.1, 0.15) is 0 Å². The molecule has 0 fully saturated rings. The van der Waals surface area contributed by atoms with Gasteiger partial charge >= 0.3 is 0 Å². The Morgan fingerprint density at radius 1 is 1.19 bits per heavy atom. The van der Waals surface area contributed by atoms with Crippen molar-refractivity contribution in [2.45, 2.75) is 13.0 Å². The third-order valence-electron chi connectivity index (χ3n) is 4.33. The lowest BCUT2D eigenvalue weighted by atomic mass is 10.1. The van der Waals surface area contributed by atoms with E-state index in [9.17, 15) is 4.79 Å². The fourth-order valence-electron chi connectivity index (χ4n) is 3.01. The van der Waals surface area contributed by atoms with Crippen molar-refractivity contribution in [3.05, 3.63) is 88.2 Å². The number of fused-ring (bicyclic) bond motifs is 1. The minimum absolute atomic E-state index is 0.106. The van der Waals surface area contributed by atoms with Crippen LogP contribution in [0.25, 0.3) is 16.6 Å². The number of rotatable bonds is 4. The van der Waals surface area contributed by atoms with E-state index in [1.807, 2.05) is 60.2 Å². The molecule has 0 amide bonds. The van der Waals surface area contributed by atoms with E-state index in [4.69, 9.17) is 11.6 Å². The maximum atomic E-state index is 12.5. The van der Waals surface area contributed by atoms with Gasteiger partial charge in [-0.15, -0.1) is 0 Å². The molecular formula is C20H17ClN4O. The third kappa shape index (κ3) is 3.21. The van der Waals surface area contributed by atoms with E-state index in [0.717, 1.165) is 22.3 Å². The van der Waals surface area contributed by atoms with E-state index < -0.39 is 0 Å². The number of pyridine rings is 1. The third-order valence-corrected chi connectivity index (χ3v) is 4.57. The highest BCUT2D eigenvalue weighted by Crippen LogP contribution is 2.23. The summed E-state index contributed by atoms with van der Waals surface area (Å²) in [7, 11) is 0. The van der Waals surface area contributed by atoms with E-state index in [1.165, 1.54) is 0 Å². The molecule has 2 heterocycles. The Morgan fingerprint density at radius 3 is 2.88 bits per heavy atom. The minimum Gasteiger partial charge on any atom is -0.378 e. The van der Waals surface area contributed by atoms with Crippen LogP contribution in [0.4, 0.5) is 5.69 Å². The van der Waals surface area contributed by atoms with Gasteiger partial charge in [0.05, 0.1) is 12.4 Å². The largest absolute Gasteiger partial charge is 0.378 e. The average Bonchev–Trinajstić information content (AvgIpc) is 3.16. The number of hydrogen-bond donors (Lipinski definition) is 2. The summed E-state index contributed by atoms with van der Waals surface area (Å²) in [5.74, 6) is 0. The Hall–Kier alpha value is -3.05. The first-order valence-electron chi connectivity index (χ1n) is 8.27. The fourth-order valence-corrected chi connectivity index (χ4v) is 3.19. The molecule has 0 bridgehead atoms. The maximum absolute atomic E-state index is 12.5. The van der Waals surface area contributed by atoms with Crippen LogP contribution < -0.4 is 10.9 Å². The zero-order valence-electron chi connectivity index (χ0n) is 14.1. The summed E-state index contributed by atoms with van der Waals surface area (Å²) >= 11 is 6.07. The lowest BCUT2D eigenvalue weighted by Gasteiger charge is -2.16. The summed E-state index contributed by atoms with van der Waals surface area (Å²) in [4.78, 5) is 19.5. The van der Waals surface area contributed by atoms with Crippen LogP contribution in [0.1, 0.15) is 18.5 Å². The lowest BCUT2D eigenvalue weighted by Crippen LogP contribution is -2.19. The Balaban J connectivity index is 1.65. The molecule has 0 saturated carbocycles. The first-order chi connectivity index (χ1) is 12.6. The molecule has 26 heavy (non-hydrogen) atoms. The quantitative estimate of drug-likeness (QED) is 0.558. The average molecular weight is 365 g/mol. The fraction of sp³-hybridized carbons (Fsp3) is 0.100. The topological polar surface area (TPSA) is 62.7 Å². The van der Waals surface area contributed by atoms with Gasteiger partial charge in [-0.1, -0.05) is 17.7 Å². The van der Waals surface area contributed by atoms with E-state index >= 15 is 0 Å². The summed E-state index contributed by atoms with van der Waals surface area (Å²) in [5.41, 5.74) is 3.25. The number of benzene rings is 2. The van der Waals surface area contributed by atoms with Crippen molar-refractivity contribution >= 4 is 28.2 Å². The molecule has 130 valence electrons. The van der Waals surface area contributed by atoms with Crippen LogP contribution >= 0.6 is 11.6 Å². The van der Waals surface area contributed by atoms with Gasteiger partial charge in [-0.05, 0) is 49.4 Å². The van der Waals surface area contributed by atoms with Crippen LogP contribution in [0.2, 0.25) is 5.02 Å². The second kappa shape index (κ2) is 6.69. The van der Waals surface area contributed by atoms with Gasteiger partial charge in [0.25, 0.3) is 5.56 Å². The highest BCUT2D eigenvalue weighted by Gasteiger charge is 2.12. The number of anilines is 1. The molecule has 0 unspecified atom stereocenters. The summed E-state index contributed by atoms with van der Waals surface area (Å²) in [6, 6.07) is 15.1. The molecule has 2 N–H and O–H groups in total. The van der Waals surface area contributed by atoms with Gasteiger partial charge in [0.2, 0.25) is 0 Å². The van der Waals surface area contributed by atoms with Crippen molar-refractivity contribution in [1.82, 2.24) is 14.5 Å². The normalized spacial score (nSPS) is 12.2. The van der Waals surface area contributed by atoms with Gasteiger partial charge in [0.15, 0.2) is 0 Å². The second-order valence-corrected chi connectivity index (χ2v) is 6.61. The molecule has 0 aliphatic heterocycles. The molecule has 6 heteroatoms. The smallest absolute Gasteiger partial charge is 0.253 e. The molecule has 2 aromatic heterocycles. The van der Waals surface area contributed by atoms with Crippen molar-refractivity contribution in [1.29, 1.82) is 0 Å². The number of H-pyrrole nitrogens is 1. The summed E-state index contributed by atoms with van der Waals surface area (Å²) in [5, 5.41) is 4.95. The molecule has 0 saturated heterocycles. The van der Waals surface area contributed by atoms with Crippen LogP contribution in [0.3, 0.4) is 0 Å². The van der Waals surface area contributed by atoms with Crippen molar-refractivity contribution < 1.29 is 0 Å². The van der Waals surface area contributed by atoms with Crippen molar-refractivity contribution in [2.75, 3.05) is 5.32 Å². The Kier molecular flexibility index (Phi) is 4.22. The summed E-state index contributed by atoms with van der Waals surface area (Å²) in [6.45, 7) is 1.96. The van der Waals surface area contributed by atoms with Gasteiger partial charge in [-0.2, -0.15) is 0 Å². The number of imidazole rings is 1. The Labute approximate surface area is 155 Å². The van der Waals surface area contributed by atoms with E-state index in [-0.39, 0.29) is 11.6 Å². The number of halogens is 1. The molecule has 4 rings (SSSR count). The molecule has 0 radical (unpaired) electrons. The number of hydrogen-bond acceptors (Lipinski definition) is 3. The monoisotopic (exact) mass is 364 g/mol. The van der Waals surface area contributed by atoms with Gasteiger partial charge in [-0.3, -0.25) is 4.79 Å². The predicted octanol–water partition coefficient (Wildman–Crippen LogP) is 4.54. The number of aromatic nitrogens is 3. The summed E-state index contributed by atoms with van der Waals surface area (Å²) < 4.78 is 1.93. The Bertz CT molecular complexity index is 1120. The van der Waals surface area contributed by atoms with Crippen molar-refractivity contribution in [3.63, 3.8) is 0 Å². The number of aromatic amines is 1. The molecule has 0 aliphatic carbocycles. The van der Waals surface area contributed by atoms with E-state index in [0.29, 0.717) is 10.6 Å². The predicted molar refractivity (Wildman–Crippen MR) is 105 cm³/mol. The summed E-state index contributed by atoms with van der Waals surface area (Å²) in [6.07, 6.45) is 5.38. The van der Waals surface area contributed by atoms with Crippen LogP contribution in [-0.4, -0.2) is 14.5 Å². The highest BCUT2D eigenvalue weighted by atomic mass is 35.5. The molecular weight excluding hydrogens is 348 g/mol.